The second kappa shape index (κ2) is 12.2. The minimum Gasteiger partial charge on any atom is -0.352 e. The summed E-state index contributed by atoms with van der Waals surface area (Å²) in [5.41, 5.74) is 4.15. The van der Waals surface area contributed by atoms with Crippen molar-refractivity contribution in [2.24, 2.45) is 0 Å². The summed E-state index contributed by atoms with van der Waals surface area (Å²) in [6.45, 7) is 2.42. The van der Waals surface area contributed by atoms with Gasteiger partial charge in [0.1, 0.15) is 6.04 Å². The first-order valence-electron chi connectivity index (χ1n) is 12.4. The summed E-state index contributed by atoms with van der Waals surface area (Å²) >= 11 is 3.49. The summed E-state index contributed by atoms with van der Waals surface area (Å²) < 4.78 is 0.985. The van der Waals surface area contributed by atoms with Gasteiger partial charge in [-0.25, -0.2) is 0 Å². The molecule has 4 rings (SSSR count). The van der Waals surface area contributed by atoms with E-state index in [9.17, 15) is 9.59 Å². The molecular weight excluding hydrogens is 500 g/mol. The van der Waals surface area contributed by atoms with Gasteiger partial charge in [0.15, 0.2) is 0 Å². The van der Waals surface area contributed by atoms with Gasteiger partial charge in [0.05, 0.1) is 6.42 Å². The number of rotatable bonds is 9. The lowest BCUT2D eigenvalue weighted by Crippen LogP contribution is -2.52. The topological polar surface area (TPSA) is 49.4 Å². The Morgan fingerprint density at radius 3 is 2.17 bits per heavy atom. The lowest BCUT2D eigenvalue weighted by molar-refractivity contribution is -0.141. The van der Waals surface area contributed by atoms with Gasteiger partial charge < -0.3 is 10.2 Å². The standard InChI is InChI=1S/C30H33BrN2O2/c1-22-11-13-24(14-12-22)20-29(34)33(21-25-15-17-26(31)18-16-25)28(19-23-7-3-2-4-8-23)30(35)32-27-9-5-6-10-27/h2-4,7-8,11-18,27-28H,5-6,9-10,19-21H2,1H3,(H,32,35). The number of benzene rings is 3. The Balaban J connectivity index is 1.64. The van der Waals surface area contributed by atoms with E-state index in [1.54, 1.807) is 4.90 Å². The molecule has 3 aromatic carbocycles. The number of nitrogens with zero attached hydrogens (tertiary/aromatic N) is 1. The fourth-order valence-corrected chi connectivity index (χ4v) is 4.95. The van der Waals surface area contributed by atoms with Crippen LogP contribution in [0.2, 0.25) is 0 Å². The van der Waals surface area contributed by atoms with E-state index in [4.69, 9.17) is 0 Å². The first-order chi connectivity index (χ1) is 17.0. The highest BCUT2D eigenvalue weighted by molar-refractivity contribution is 9.10. The van der Waals surface area contributed by atoms with Crippen molar-refractivity contribution in [3.63, 3.8) is 0 Å². The molecule has 1 fully saturated rings. The van der Waals surface area contributed by atoms with Gasteiger partial charge in [0.25, 0.3) is 0 Å². The number of hydrogen-bond donors (Lipinski definition) is 1. The molecular formula is C30H33BrN2O2. The number of carbonyl (C=O) groups is 2. The van der Waals surface area contributed by atoms with Crippen LogP contribution in [-0.4, -0.2) is 28.8 Å². The van der Waals surface area contributed by atoms with E-state index in [1.165, 1.54) is 0 Å². The molecule has 182 valence electrons. The molecule has 1 unspecified atom stereocenters. The van der Waals surface area contributed by atoms with E-state index in [-0.39, 0.29) is 24.3 Å². The van der Waals surface area contributed by atoms with Crippen molar-refractivity contribution in [2.75, 3.05) is 0 Å². The molecule has 0 aliphatic heterocycles. The molecule has 5 heteroatoms. The minimum atomic E-state index is -0.584. The Morgan fingerprint density at radius 2 is 1.51 bits per heavy atom. The molecule has 1 N–H and O–H groups in total. The highest BCUT2D eigenvalue weighted by Gasteiger charge is 2.32. The van der Waals surface area contributed by atoms with E-state index < -0.39 is 6.04 Å². The van der Waals surface area contributed by atoms with Gasteiger partial charge in [0.2, 0.25) is 11.8 Å². The molecule has 0 aromatic heterocycles. The zero-order valence-electron chi connectivity index (χ0n) is 20.3. The quantitative estimate of drug-likeness (QED) is 0.367. The maximum atomic E-state index is 13.8. The van der Waals surface area contributed by atoms with Gasteiger partial charge in [-0.3, -0.25) is 9.59 Å². The number of hydrogen-bond acceptors (Lipinski definition) is 2. The number of carbonyl (C=O) groups excluding carboxylic acids is 2. The molecule has 0 heterocycles. The van der Waals surface area contributed by atoms with Gasteiger partial charge in [-0.15, -0.1) is 0 Å². The Labute approximate surface area is 216 Å². The SMILES string of the molecule is Cc1ccc(CC(=O)N(Cc2ccc(Br)cc2)C(Cc2ccccc2)C(=O)NC2CCCC2)cc1. The van der Waals surface area contributed by atoms with Crippen molar-refractivity contribution < 1.29 is 9.59 Å². The van der Waals surface area contributed by atoms with Crippen molar-refractivity contribution >= 4 is 27.7 Å². The second-order valence-corrected chi connectivity index (χ2v) is 10.4. The summed E-state index contributed by atoms with van der Waals surface area (Å²) in [7, 11) is 0. The molecule has 35 heavy (non-hydrogen) atoms. The van der Waals surface area contributed by atoms with Crippen LogP contribution >= 0.6 is 15.9 Å². The molecule has 0 saturated heterocycles. The van der Waals surface area contributed by atoms with Crippen molar-refractivity contribution in [1.29, 1.82) is 0 Å². The highest BCUT2D eigenvalue weighted by Crippen LogP contribution is 2.21. The fourth-order valence-electron chi connectivity index (χ4n) is 4.69. The summed E-state index contributed by atoms with van der Waals surface area (Å²) in [4.78, 5) is 29.2. The van der Waals surface area contributed by atoms with Gasteiger partial charge >= 0.3 is 0 Å². The summed E-state index contributed by atoms with van der Waals surface area (Å²) in [6, 6.07) is 25.6. The molecule has 4 nitrogen and oxygen atoms in total. The summed E-state index contributed by atoms with van der Waals surface area (Å²) in [6.07, 6.45) is 5.04. The van der Waals surface area contributed by atoms with E-state index >= 15 is 0 Å². The Kier molecular flexibility index (Phi) is 8.75. The molecule has 0 bridgehead atoms. The third-order valence-corrected chi connectivity index (χ3v) is 7.24. The van der Waals surface area contributed by atoms with Crippen LogP contribution in [0.1, 0.15) is 47.9 Å². The Bertz CT molecular complexity index is 1110. The molecule has 0 spiro atoms. The monoisotopic (exact) mass is 532 g/mol. The third kappa shape index (κ3) is 7.28. The Hall–Kier alpha value is -2.92. The largest absolute Gasteiger partial charge is 0.352 e. The predicted molar refractivity (Wildman–Crippen MR) is 144 cm³/mol. The lowest BCUT2D eigenvalue weighted by Gasteiger charge is -2.32. The van der Waals surface area contributed by atoms with Crippen LogP contribution in [0.4, 0.5) is 0 Å². The third-order valence-electron chi connectivity index (χ3n) is 6.71. The second-order valence-electron chi connectivity index (χ2n) is 9.51. The van der Waals surface area contributed by atoms with E-state index in [1.807, 2.05) is 85.8 Å². The van der Waals surface area contributed by atoms with Gasteiger partial charge in [-0.2, -0.15) is 0 Å². The van der Waals surface area contributed by atoms with Crippen molar-refractivity contribution in [2.45, 2.75) is 64.1 Å². The van der Waals surface area contributed by atoms with Crippen molar-refractivity contribution in [1.82, 2.24) is 10.2 Å². The first-order valence-corrected chi connectivity index (χ1v) is 13.2. The van der Waals surface area contributed by atoms with Crippen molar-refractivity contribution in [3.05, 3.63) is 106 Å². The zero-order chi connectivity index (χ0) is 24.6. The summed E-state index contributed by atoms with van der Waals surface area (Å²) in [5.74, 6) is -0.102. The van der Waals surface area contributed by atoms with E-state index in [2.05, 4.69) is 21.2 Å². The zero-order valence-corrected chi connectivity index (χ0v) is 21.8. The molecule has 1 atom stereocenters. The lowest BCUT2D eigenvalue weighted by atomic mass is 10.0. The minimum absolute atomic E-state index is 0.0423. The van der Waals surface area contributed by atoms with Crippen LogP contribution in [0.3, 0.4) is 0 Å². The van der Waals surface area contributed by atoms with Crippen LogP contribution in [0.5, 0.6) is 0 Å². The fraction of sp³-hybridized carbons (Fsp3) is 0.333. The van der Waals surface area contributed by atoms with Crippen LogP contribution in [0.15, 0.2) is 83.3 Å². The average Bonchev–Trinajstić information content (AvgIpc) is 3.37. The van der Waals surface area contributed by atoms with Gasteiger partial charge in [0, 0.05) is 23.5 Å². The number of nitrogens with one attached hydrogen (secondary N) is 1. The summed E-state index contributed by atoms with van der Waals surface area (Å²) in [5, 5.41) is 3.26. The maximum absolute atomic E-state index is 13.8. The smallest absolute Gasteiger partial charge is 0.243 e. The predicted octanol–water partition coefficient (Wildman–Crippen LogP) is 6.00. The van der Waals surface area contributed by atoms with Crippen LogP contribution < -0.4 is 5.32 Å². The molecule has 1 aliphatic carbocycles. The first kappa shape index (κ1) is 25.2. The maximum Gasteiger partial charge on any atom is 0.243 e. The highest BCUT2D eigenvalue weighted by atomic mass is 79.9. The number of aryl methyl sites for hydroxylation is 1. The molecule has 0 radical (unpaired) electrons. The van der Waals surface area contributed by atoms with Gasteiger partial charge in [-0.05, 0) is 48.6 Å². The number of amides is 2. The number of halogens is 1. The average molecular weight is 534 g/mol. The van der Waals surface area contributed by atoms with Crippen LogP contribution in [-0.2, 0) is 29.0 Å². The Morgan fingerprint density at radius 1 is 0.886 bits per heavy atom. The molecule has 1 aliphatic rings. The van der Waals surface area contributed by atoms with E-state index in [0.29, 0.717) is 13.0 Å². The normalized spacial score (nSPS) is 14.5. The van der Waals surface area contributed by atoms with Crippen LogP contribution in [0, 0.1) is 6.92 Å². The van der Waals surface area contributed by atoms with E-state index in [0.717, 1.165) is 52.4 Å². The molecule has 2 amide bonds. The van der Waals surface area contributed by atoms with Gasteiger partial charge in [-0.1, -0.05) is 101 Å². The van der Waals surface area contributed by atoms with Crippen LogP contribution in [0.25, 0.3) is 0 Å². The molecule has 1 saturated carbocycles. The molecule has 3 aromatic rings. The van der Waals surface area contributed by atoms with Crippen molar-refractivity contribution in [3.8, 4) is 0 Å².